The zero-order valence-electron chi connectivity index (χ0n) is 12.5. The Labute approximate surface area is 130 Å². The molecule has 2 rings (SSSR count). The highest BCUT2D eigenvalue weighted by Crippen LogP contribution is 2.29. The molecule has 1 aromatic rings. The number of benzene rings is 1. The third-order valence-electron chi connectivity index (χ3n) is 4.11. The molecule has 0 spiro atoms. The second-order valence-electron chi connectivity index (χ2n) is 6.09. The van der Waals surface area contributed by atoms with Crippen molar-refractivity contribution in [1.29, 1.82) is 0 Å². The normalized spacial score (nSPS) is 18.9. The number of hydrogen-bond acceptors (Lipinski definition) is 3. The lowest BCUT2D eigenvalue weighted by Gasteiger charge is -2.38. The highest BCUT2D eigenvalue weighted by molar-refractivity contribution is 9.10. The van der Waals surface area contributed by atoms with Crippen LogP contribution in [0.25, 0.3) is 0 Å². The summed E-state index contributed by atoms with van der Waals surface area (Å²) in [5.74, 6) is 0.931. The SMILES string of the molecule is CN1CCC(C)(CNCCOc2ccc(Br)cc2)CC1. The van der Waals surface area contributed by atoms with Crippen molar-refractivity contribution in [2.75, 3.05) is 39.8 Å². The van der Waals surface area contributed by atoms with Gasteiger partial charge < -0.3 is 15.0 Å². The monoisotopic (exact) mass is 340 g/mol. The summed E-state index contributed by atoms with van der Waals surface area (Å²) in [6.45, 7) is 7.54. The predicted molar refractivity (Wildman–Crippen MR) is 87.3 cm³/mol. The molecule has 1 aromatic carbocycles. The summed E-state index contributed by atoms with van der Waals surface area (Å²) in [6.07, 6.45) is 2.56. The highest BCUT2D eigenvalue weighted by atomic mass is 79.9. The quantitative estimate of drug-likeness (QED) is 0.805. The van der Waals surface area contributed by atoms with Crippen LogP contribution in [0.1, 0.15) is 19.8 Å². The number of hydrogen-bond donors (Lipinski definition) is 1. The Morgan fingerprint density at radius 1 is 1.25 bits per heavy atom. The number of nitrogens with one attached hydrogen (secondary N) is 1. The van der Waals surface area contributed by atoms with Crippen molar-refractivity contribution < 1.29 is 4.74 Å². The fourth-order valence-electron chi connectivity index (χ4n) is 2.50. The minimum absolute atomic E-state index is 0.449. The molecular formula is C16H25BrN2O. The molecule has 1 aliphatic rings. The fourth-order valence-corrected chi connectivity index (χ4v) is 2.76. The second kappa shape index (κ2) is 7.43. The Hall–Kier alpha value is -0.580. The highest BCUT2D eigenvalue weighted by Gasteiger charge is 2.28. The van der Waals surface area contributed by atoms with Crippen molar-refractivity contribution in [2.24, 2.45) is 5.41 Å². The molecule has 0 bridgehead atoms. The van der Waals surface area contributed by atoms with Gasteiger partial charge in [0, 0.05) is 17.6 Å². The van der Waals surface area contributed by atoms with E-state index in [0.29, 0.717) is 5.41 Å². The van der Waals surface area contributed by atoms with Gasteiger partial charge >= 0.3 is 0 Å². The van der Waals surface area contributed by atoms with Crippen LogP contribution in [0.4, 0.5) is 0 Å². The summed E-state index contributed by atoms with van der Waals surface area (Å²) >= 11 is 3.42. The number of ether oxygens (including phenoxy) is 1. The number of piperidine rings is 1. The van der Waals surface area contributed by atoms with Gasteiger partial charge in [-0.25, -0.2) is 0 Å². The molecule has 112 valence electrons. The van der Waals surface area contributed by atoms with Crippen LogP contribution in [0.5, 0.6) is 5.75 Å². The molecule has 4 heteroatoms. The summed E-state index contributed by atoms with van der Waals surface area (Å²) in [5, 5.41) is 3.54. The van der Waals surface area contributed by atoms with Gasteiger partial charge in [0.25, 0.3) is 0 Å². The maximum Gasteiger partial charge on any atom is 0.119 e. The number of halogens is 1. The molecule has 3 nitrogen and oxygen atoms in total. The van der Waals surface area contributed by atoms with Crippen LogP contribution in [-0.4, -0.2) is 44.7 Å². The second-order valence-corrected chi connectivity index (χ2v) is 7.01. The molecule has 1 heterocycles. The first-order chi connectivity index (χ1) is 9.57. The van der Waals surface area contributed by atoms with E-state index in [1.807, 2.05) is 24.3 Å². The number of likely N-dealkylation sites (tertiary alicyclic amines) is 1. The van der Waals surface area contributed by atoms with Crippen molar-refractivity contribution in [3.8, 4) is 5.75 Å². The van der Waals surface area contributed by atoms with Crippen molar-refractivity contribution in [2.45, 2.75) is 19.8 Å². The molecule has 0 unspecified atom stereocenters. The van der Waals surface area contributed by atoms with Gasteiger partial charge in [0.15, 0.2) is 0 Å². The Bertz CT molecular complexity index is 399. The van der Waals surface area contributed by atoms with Crippen molar-refractivity contribution in [3.05, 3.63) is 28.7 Å². The molecule has 1 saturated heterocycles. The first-order valence-corrected chi connectivity index (χ1v) is 8.14. The van der Waals surface area contributed by atoms with E-state index in [-0.39, 0.29) is 0 Å². The van der Waals surface area contributed by atoms with Crippen molar-refractivity contribution in [3.63, 3.8) is 0 Å². The molecule has 1 N–H and O–H groups in total. The summed E-state index contributed by atoms with van der Waals surface area (Å²) in [6, 6.07) is 7.98. The average molecular weight is 341 g/mol. The Morgan fingerprint density at radius 2 is 1.90 bits per heavy atom. The minimum atomic E-state index is 0.449. The van der Waals surface area contributed by atoms with Crippen LogP contribution < -0.4 is 10.1 Å². The van der Waals surface area contributed by atoms with Gasteiger partial charge in [0.1, 0.15) is 12.4 Å². The average Bonchev–Trinajstić information content (AvgIpc) is 2.44. The van der Waals surface area contributed by atoms with Gasteiger partial charge in [-0.1, -0.05) is 22.9 Å². The lowest BCUT2D eigenvalue weighted by atomic mass is 9.80. The van der Waals surface area contributed by atoms with Gasteiger partial charge in [0.2, 0.25) is 0 Å². The maximum atomic E-state index is 5.71. The topological polar surface area (TPSA) is 24.5 Å². The zero-order chi connectivity index (χ0) is 14.4. The van der Waals surface area contributed by atoms with Crippen LogP contribution in [0, 0.1) is 5.41 Å². The van der Waals surface area contributed by atoms with Crippen LogP contribution in [-0.2, 0) is 0 Å². The molecule has 0 radical (unpaired) electrons. The molecule has 1 fully saturated rings. The van der Waals surface area contributed by atoms with E-state index in [0.717, 1.165) is 29.9 Å². The molecule has 0 aliphatic carbocycles. The molecule has 0 amide bonds. The van der Waals surface area contributed by atoms with Crippen molar-refractivity contribution in [1.82, 2.24) is 10.2 Å². The standard InChI is InChI=1S/C16H25BrN2O/c1-16(7-10-19(2)11-8-16)13-18-9-12-20-15-5-3-14(17)4-6-15/h3-6,18H,7-13H2,1-2H3. The molecule has 1 aliphatic heterocycles. The zero-order valence-corrected chi connectivity index (χ0v) is 14.1. The van der Waals surface area contributed by atoms with Crippen LogP contribution >= 0.6 is 15.9 Å². The molecule has 20 heavy (non-hydrogen) atoms. The van der Waals surface area contributed by atoms with E-state index < -0.39 is 0 Å². The Kier molecular flexibility index (Phi) is 5.87. The van der Waals surface area contributed by atoms with Crippen molar-refractivity contribution >= 4 is 15.9 Å². The summed E-state index contributed by atoms with van der Waals surface area (Å²) in [4.78, 5) is 2.42. The van der Waals surface area contributed by atoms with Crippen LogP contribution in [0.2, 0.25) is 0 Å². The third-order valence-corrected chi connectivity index (χ3v) is 4.64. The van der Waals surface area contributed by atoms with Gasteiger partial charge in [-0.2, -0.15) is 0 Å². The van der Waals surface area contributed by atoms with E-state index in [4.69, 9.17) is 4.74 Å². The molecular weight excluding hydrogens is 316 g/mol. The summed E-state index contributed by atoms with van der Waals surface area (Å²) in [5.41, 5.74) is 0.449. The Balaban J connectivity index is 1.60. The van der Waals surface area contributed by atoms with E-state index in [2.05, 4.69) is 40.1 Å². The van der Waals surface area contributed by atoms with E-state index in [1.165, 1.54) is 25.9 Å². The summed E-state index contributed by atoms with van der Waals surface area (Å²) in [7, 11) is 2.21. The van der Waals surface area contributed by atoms with E-state index in [9.17, 15) is 0 Å². The minimum Gasteiger partial charge on any atom is -0.492 e. The van der Waals surface area contributed by atoms with Crippen LogP contribution in [0.3, 0.4) is 0 Å². The van der Waals surface area contributed by atoms with Gasteiger partial charge in [-0.15, -0.1) is 0 Å². The number of rotatable bonds is 6. The predicted octanol–water partition coefficient (Wildman–Crippen LogP) is 3.15. The van der Waals surface area contributed by atoms with E-state index >= 15 is 0 Å². The molecule has 0 atom stereocenters. The molecule has 0 saturated carbocycles. The first-order valence-electron chi connectivity index (χ1n) is 7.35. The van der Waals surface area contributed by atoms with Gasteiger partial charge in [-0.05, 0) is 62.7 Å². The van der Waals surface area contributed by atoms with E-state index in [1.54, 1.807) is 0 Å². The lowest BCUT2D eigenvalue weighted by molar-refractivity contribution is 0.135. The fraction of sp³-hybridized carbons (Fsp3) is 0.625. The third kappa shape index (κ3) is 5.08. The molecule has 0 aromatic heterocycles. The maximum absolute atomic E-state index is 5.71. The lowest BCUT2D eigenvalue weighted by Crippen LogP contribution is -2.42. The largest absolute Gasteiger partial charge is 0.492 e. The summed E-state index contributed by atoms with van der Waals surface area (Å²) < 4.78 is 6.79. The smallest absolute Gasteiger partial charge is 0.119 e. The van der Waals surface area contributed by atoms with Crippen LogP contribution in [0.15, 0.2) is 28.7 Å². The van der Waals surface area contributed by atoms with Gasteiger partial charge in [0.05, 0.1) is 0 Å². The Morgan fingerprint density at radius 3 is 2.55 bits per heavy atom. The number of nitrogens with zero attached hydrogens (tertiary/aromatic N) is 1. The first kappa shape index (κ1) is 15.8. The van der Waals surface area contributed by atoms with Gasteiger partial charge in [-0.3, -0.25) is 0 Å².